The molecular weight excluding hydrogens is 268 g/mol. The first-order valence-corrected chi connectivity index (χ1v) is 8.25. The first kappa shape index (κ1) is 15.2. The van der Waals surface area contributed by atoms with Gasteiger partial charge in [0.05, 0.1) is 12.7 Å². The van der Waals surface area contributed by atoms with E-state index in [0.717, 1.165) is 17.4 Å². The Hall–Kier alpha value is -1.18. The Morgan fingerprint density at radius 3 is 3.00 bits per heavy atom. The van der Waals surface area contributed by atoms with E-state index in [9.17, 15) is 0 Å². The minimum absolute atomic E-state index is 0.604. The molecule has 0 aliphatic heterocycles. The number of ether oxygens (including phenoxy) is 1. The minimum Gasteiger partial charge on any atom is -0.495 e. The second-order valence-corrected chi connectivity index (χ2v) is 6.57. The lowest BCUT2D eigenvalue weighted by Crippen LogP contribution is -2.33. The Morgan fingerprint density at radius 2 is 2.30 bits per heavy atom. The number of rotatable bonds is 6. The number of nitriles is 1. The molecule has 2 atom stereocenters. The Morgan fingerprint density at radius 1 is 1.45 bits per heavy atom. The molecule has 0 amide bonds. The van der Waals surface area contributed by atoms with Crippen LogP contribution in [0.4, 0.5) is 0 Å². The third-order valence-corrected chi connectivity index (χ3v) is 5.11. The van der Waals surface area contributed by atoms with E-state index >= 15 is 0 Å². The van der Waals surface area contributed by atoms with Crippen LogP contribution in [0.1, 0.15) is 37.3 Å². The number of benzene rings is 1. The van der Waals surface area contributed by atoms with Crippen LogP contribution in [0.3, 0.4) is 0 Å². The summed E-state index contributed by atoms with van der Waals surface area (Å²) in [5.74, 6) is 1.83. The van der Waals surface area contributed by atoms with Crippen LogP contribution in [0.25, 0.3) is 0 Å². The first-order chi connectivity index (χ1) is 9.78. The highest BCUT2D eigenvalue weighted by atomic mass is 32.2. The standard InChI is InChI=1S/C16H22N2OS/c1-3-20-16-6-4-5-14(16)18-11-12-7-8-15(19-2)13(9-12)10-17/h7-9,14,16,18H,3-6,11H2,1-2H3. The van der Waals surface area contributed by atoms with Crippen LogP contribution in [0.15, 0.2) is 18.2 Å². The lowest BCUT2D eigenvalue weighted by Gasteiger charge is -2.20. The minimum atomic E-state index is 0.604. The summed E-state index contributed by atoms with van der Waals surface area (Å²) in [5, 5.41) is 13.5. The van der Waals surface area contributed by atoms with Crippen molar-refractivity contribution in [3.05, 3.63) is 29.3 Å². The lowest BCUT2D eigenvalue weighted by atomic mass is 10.1. The van der Waals surface area contributed by atoms with Crippen molar-refractivity contribution < 1.29 is 4.74 Å². The van der Waals surface area contributed by atoms with Crippen molar-refractivity contribution in [3.63, 3.8) is 0 Å². The van der Waals surface area contributed by atoms with Gasteiger partial charge in [-0.1, -0.05) is 19.4 Å². The monoisotopic (exact) mass is 290 g/mol. The second-order valence-electron chi connectivity index (χ2n) is 5.06. The molecule has 1 aromatic carbocycles. The Balaban J connectivity index is 1.95. The van der Waals surface area contributed by atoms with Crippen LogP contribution in [0, 0.1) is 11.3 Å². The maximum atomic E-state index is 9.11. The van der Waals surface area contributed by atoms with Crippen LogP contribution >= 0.6 is 11.8 Å². The van der Waals surface area contributed by atoms with Crippen LogP contribution in [0.2, 0.25) is 0 Å². The van der Waals surface area contributed by atoms with Gasteiger partial charge in [-0.15, -0.1) is 0 Å². The van der Waals surface area contributed by atoms with Gasteiger partial charge in [0.15, 0.2) is 0 Å². The van der Waals surface area contributed by atoms with Crippen LogP contribution < -0.4 is 10.1 Å². The molecular formula is C16H22N2OS. The summed E-state index contributed by atoms with van der Waals surface area (Å²) in [7, 11) is 1.60. The predicted molar refractivity (Wildman–Crippen MR) is 84.1 cm³/mol. The fourth-order valence-corrected chi connectivity index (χ4v) is 4.00. The fourth-order valence-electron chi connectivity index (χ4n) is 2.77. The number of hydrogen-bond donors (Lipinski definition) is 1. The summed E-state index contributed by atoms with van der Waals surface area (Å²) in [6.07, 6.45) is 3.91. The fraction of sp³-hybridized carbons (Fsp3) is 0.562. The summed E-state index contributed by atoms with van der Waals surface area (Å²) >= 11 is 2.06. The van der Waals surface area contributed by atoms with Crippen molar-refractivity contribution in [1.29, 1.82) is 5.26 Å². The molecule has 0 aromatic heterocycles. The van der Waals surface area contributed by atoms with Gasteiger partial charge in [0.1, 0.15) is 11.8 Å². The van der Waals surface area contributed by atoms with Crippen molar-refractivity contribution in [2.75, 3.05) is 12.9 Å². The third-order valence-electron chi connectivity index (χ3n) is 3.79. The van der Waals surface area contributed by atoms with Gasteiger partial charge in [0, 0.05) is 17.8 Å². The summed E-state index contributed by atoms with van der Waals surface area (Å²) in [5.41, 5.74) is 1.76. The number of nitrogens with zero attached hydrogens (tertiary/aromatic N) is 1. The van der Waals surface area contributed by atoms with Crippen molar-refractivity contribution in [2.24, 2.45) is 0 Å². The smallest absolute Gasteiger partial charge is 0.136 e. The zero-order valence-corrected chi connectivity index (χ0v) is 13.0. The van der Waals surface area contributed by atoms with Crippen LogP contribution in [-0.4, -0.2) is 24.2 Å². The molecule has 1 N–H and O–H groups in total. The molecule has 1 fully saturated rings. The average Bonchev–Trinajstić information content (AvgIpc) is 2.92. The van der Waals surface area contributed by atoms with E-state index < -0.39 is 0 Å². The Labute approximate surface area is 125 Å². The summed E-state index contributed by atoms with van der Waals surface area (Å²) in [4.78, 5) is 0. The number of methoxy groups -OCH3 is 1. The first-order valence-electron chi connectivity index (χ1n) is 7.20. The van der Waals surface area contributed by atoms with E-state index in [4.69, 9.17) is 10.00 Å². The van der Waals surface area contributed by atoms with Gasteiger partial charge >= 0.3 is 0 Å². The van der Waals surface area contributed by atoms with E-state index in [1.54, 1.807) is 7.11 Å². The topological polar surface area (TPSA) is 45.0 Å². The van der Waals surface area contributed by atoms with Crippen LogP contribution in [0.5, 0.6) is 5.75 Å². The Kier molecular flexibility index (Phi) is 5.75. The molecule has 1 saturated carbocycles. The summed E-state index contributed by atoms with van der Waals surface area (Å²) in [6.45, 7) is 3.05. The van der Waals surface area contributed by atoms with Crippen LogP contribution in [-0.2, 0) is 6.54 Å². The van der Waals surface area contributed by atoms with E-state index in [1.165, 1.54) is 25.0 Å². The summed E-state index contributed by atoms with van der Waals surface area (Å²) in [6, 6.07) is 8.62. The maximum Gasteiger partial charge on any atom is 0.136 e. The molecule has 2 rings (SSSR count). The van der Waals surface area contributed by atoms with E-state index in [0.29, 0.717) is 17.4 Å². The normalized spacial score (nSPS) is 21.6. The lowest BCUT2D eigenvalue weighted by molar-refractivity contribution is 0.413. The van der Waals surface area contributed by atoms with E-state index in [1.807, 2.05) is 18.2 Å². The predicted octanol–water partition coefficient (Wildman–Crippen LogP) is 3.33. The number of hydrogen-bond acceptors (Lipinski definition) is 4. The average molecular weight is 290 g/mol. The SMILES string of the molecule is CCSC1CCCC1NCc1ccc(OC)c(C#N)c1. The Bertz CT molecular complexity index is 484. The molecule has 20 heavy (non-hydrogen) atoms. The van der Waals surface area contributed by atoms with Crippen molar-refractivity contribution in [1.82, 2.24) is 5.32 Å². The zero-order valence-electron chi connectivity index (χ0n) is 12.2. The third kappa shape index (κ3) is 3.68. The van der Waals surface area contributed by atoms with Gasteiger partial charge in [0.2, 0.25) is 0 Å². The molecule has 0 radical (unpaired) electrons. The summed E-state index contributed by atoms with van der Waals surface area (Å²) < 4.78 is 5.17. The van der Waals surface area contributed by atoms with Gasteiger partial charge in [0.25, 0.3) is 0 Å². The van der Waals surface area contributed by atoms with E-state index in [2.05, 4.69) is 30.1 Å². The van der Waals surface area contributed by atoms with Crippen molar-refractivity contribution >= 4 is 11.8 Å². The molecule has 1 aromatic rings. The highest BCUT2D eigenvalue weighted by molar-refractivity contribution is 7.99. The van der Waals surface area contributed by atoms with Gasteiger partial charge in [-0.3, -0.25) is 0 Å². The second kappa shape index (κ2) is 7.56. The molecule has 0 heterocycles. The van der Waals surface area contributed by atoms with E-state index in [-0.39, 0.29) is 0 Å². The molecule has 0 spiro atoms. The molecule has 1 aliphatic rings. The van der Waals surface area contributed by atoms with Crippen molar-refractivity contribution in [2.45, 2.75) is 44.0 Å². The molecule has 3 nitrogen and oxygen atoms in total. The van der Waals surface area contributed by atoms with Gasteiger partial charge < -0.3 is 10.1 Å². The molecule has 0 saturated heterocycles. The van der Waals surface area contributed by atoms with Crippen molar-refractivity contribution in [3.8, 4) is 11.8 Å². The molecule has 0 bridgehead atoms. The van der Waals surface area contributed by atoms with Gasteiger partial charge in [-0.05, 0) is 36.3 Å². The quantitative estimate of drug-likeness (QED) is 0.873. The molecule has 2 unspecified atom stereocenters. The highest BCUT2D eigenvalue weighted by Crippen LogP contribution is 2.30. The maximum absolute atomic E-state index is 9.11. The largest absolute Gasteiger partial charge is 0.495 e. The highest BCUT2D eigenvalue weighted by Gasteiger charge is 2.26. The van der Waals surface area contributed by atoms with Gasteiger partial charge in [-0.25, -0.2) is 0 Å². The number of nitrogens with one attached hydrogen (secondary N) is 1. The number of thioether (sulfide) groups is 1. The molecule has 108 valence electrons. The molecule has 1 aliphatic carbocycles. The molecule has 4 heteroatoms. The van der Waals surface area contributed by atoms with Gasteiger partial charge in [-0.2, -0.15) is 17.0 Å². The zero-order chi connectivity index (χ0) is 14.4.